The van der Waals surface area contributed by atoms with Gasteiger partial charge in [-0.3, -0.25) is 4.79 Å². The third-order valence-corrected chi connectivity index (χ3v) is 7.57. The first-order chi connectivity index (χ1) is 20.9. The summed E-state index contributed by atoms with van der Waals surface area (Å²) in [6.45, 7) is 3.88. The quantitative estimate of drug-likeness (QED) is 0.172. The molecule has 2 atom stereocenters. The molecule has 3 aromatic carbocycles. The van der Waals surface area contributed by atoms with E-state index in [1.54, 1.807) is 36.4 Å². The molecule has 0 aliphatic carbocycles. The van der Waals surface area contributed by atoms with E-state index in [9.17, 15) is 14.3 Å². The highest BCUT2D eigenvalue weighted by Crippen LogP contribution is 2.56. The van der Waals surface area contributed by atoms with Gasteiger partial charge in [0.2, 0.25) is 19.5 Å². The molecule has 1 amide bonds. The van der Waals surface area contributed by atoms with Crippen LogP contribution in [0.4, 0.5) is 10.1 Å². The average Bonchev–Trinajstić information content (AvgIpc) is 3.71. The average molecular weight is 588 g/mol. The van der Waals surface area contributed by atoms with Crippen LogP contribution in [0.25, 0.3) is 0 Å². The number of benzene rings is 3. The molecule has 43 heavy (non-hydrogen) atoms. The van der Waals surface area contributed by atoms with Crippen LogP contribution in [0.15, 0.2) is 55.1 Å². The van der Waals surface area contributed by atoms with Crippen molar-refractivity contribution in [2.75, 3.05) is 32.1 Å². The number of anilines is 1. The molecule has 0 aromatic heterocycles. The lowest BCUT2D eigenvalue weighted by atomic mass is 9.69. The number of terminal acetylenes is 1. The van der Waals surface area contributed by atoms with Gasteiger partial charge < -0.3 is 38.8 Å². The lowest BCUT2D eigenvalue weighted by Gasteiger charge is -2.32. The molecule has 3 aliphatic rings. The van der Waals surface area contributed by atoms with Gasteiger partial charge in [0.1, 0.15) is 29.3 Å². The first kappa shape index (κ1) is 28.2. The Labute approximate surface area is 248 Å². The lowest BCUT2D eigenvalue weighted by Crippen LogP contribution is -2.38. The smallest absolute Gasteiger partial charge is 0.244 e. The van der Waals surface area contributed by atoms with Crippen LogP contribution >= 0.6 is 0 Å². The molecule has 1 unspecified atom stereocenters. The van der Waals surface area contributed by atoms with Gasteiger partial charge in [0.25, 0.3) is 0 Å². The number of amides is 1. The Morgan fingerprint density at radius 3 is 2.23 bits per heavy atom. The zero-order valence-electron chi connectivity index (χ0n) is 23.3. The van der Waals surface area contributed by atoms with Crippen LogP contribution in [0.2, 0.25) is 0 Å². The molecule has 0 fully saturated rings. The molecule has 0 saturated carbocycles. The van der Waals surface area contributed by atoms with E-state index in [1.807, 2.05) is 0 Å². The Hall–Kier alpha value is -4.88. The summed E-state index contributed by atoms with van der Waals surface area (Å²) >= 11 is 0. The fraction of sp³-hybridized carbons (Fsp3) is 0.303. The van der Waals surface area contributed by atoms with Crippen LogP contribution in [0.3, 0.4) is 0 Å². The van der Waals surface area contributed by atoms with E-state index in [-0.39, 0.29) is 31.6 Å². The molecule has 6 rings (SSSR count). The monoisotopic (exact) mass is 587 g/mol. The van der Waals surface area contributed by atoms with E-state index in [1.165, 1.54) is 12.1 Å². The van der Waals surface area contributed by atoms with Crippen LogP contribution in [-0.4, -0.2) is 43.9 Å². The summed E-state index contributed by atoms with van der Waals surface area (Å²) in [5, 5.41) is 13.3. The first-order valence-electron chi connectivity index (χ1n) is 13.9. The van der Waals surface area contributed by atoms with Crippen LogP contribution in [0.5, 0.6) is 34.5 Å². The molecule has 2 N–H and O–H groups in total. The van der Waals surface area contributed by atoms with Crippen LogP contribution in [0.1, 0.15) is 42.4 Å². The molecule has 10 heteroatoms. The van der Waals surface area contributed by atoms with Gasteiger partial charge in [-0.25, -0.2) is 4.39 Å². The minimum atomic E-state index is -1.63. The van der Waals surface area contributed by atoms with Crippen molar-refractivity contribution >= 4 is 11.6 Å². The largest absolute Gasteiger partial charge is 0.493 e. The van der Waals surface area contributed by atoms with Gasteiger partial charge in [-0.15, -0.1) is 18.9 Å². The summed E-state index contributed by atoms with van der Waals surface area (Å²) in [5.74, 6) is 3.96. The van der Waals surface area contributed by atoms with Crippen LogP contribution < -0.4 is 33.7 Å². The zero-order chi connectivity index (χ0) is 30.0. The summed E-state index contributed by atoms with van der Waals surface area (Å²) in [4.78, 5) is 14.5. The number of rotatable bonds is 12. The zero-order valence-corrected chi connectivity index (χ0v) is 23.3. The number of halogens is 1. The molecule has 3 heterocycles. The molecular formula is C33H30FNO8. The number of ether oxygens (including phenoxy) is 6. The number of carbonyl (C=O) groups is 1. The number of aliphatic hydroxyl groups is 1. The maximum absolute atomic E-state index is 14.5. The molecule has 3 aromatic rings. The second kappa shape index (κ2) is 11.8. The topological polar surface area (TPSA) is 105 Å². The predicted molar refractivity (Wildman–Crippen MR) is 155 cm³/mol. The molecule has 0 spiro atoms. The van der Waals surface area contributed by atoms with E-state index in [0.717, 1.165) is 6.42 Å². The normalized spacial score (nSPS) is 18.0. The van der Waals surface area contributed by atoms with E-state index in [4.69, 9.17) is 34.8 Å². The highest BCUT2D eigenvalue weighted by molar-refractivity contribution is 6.12. The molecule has 3 aliphatic heterocycles. The van der Waals surface area contributed by atoms with Gasteiger partial charge in [0.05, 0.1) is 12.7 Å². The Morgan fingerprint density at radius 1 is 0.977 bits per heavy atom. The number of unbranched alkanes of at least 4 members (excludes halogenated alkanes) is 2. The maximum Gasteiger partial charge on any atom is 0.244 e. The highest BCUT2D eigenvalue weighted by Gasteiger charge is 2.54. The second-order valence-electron chi connectivity index (χ2n) is 10.3. The van der Waals surface area contributed by atoms with Gasteiger partial charge in [-0.05, 0) is 43.5 Å². The van der Waals surface area contributed by atoms with Crippen molar-refractivity contribution in [2.24, 2.45) is 0 Å². The number of nitrogens with one attached hydrogen (secondary N) is 1. The second-order valence-corrected chi connectivity index (χ2v) is 10.3. The number of hydrogen-bond acceptors (Lipinski definition) is 8. The maximum atomic E-state index is 14.5. The van der Waals surface area contributed by atoms with Crippen molar-refractivity contribution in [3.63, 3.8) is 0 Å². The third kappa shape index (κ3) is 5.06. The molecular weight excluding hydrogens is 557 g/mol. The standard InChI is InChI=1S/C33H30FNO8/c1-3-5-6-7-11-38-26-15-30-28(40-18-42-30)13-23(26)33(22-10-9-20(34)12-25(22)35-32(33)37)24-14-29-31(43-19-41-29)16-27(24)39-17-21(36)8-4-2/h1,4,9-10,12-16,21,36H,2,5-8,11,17-19H2,(H,35,37)/t21-,33?/m1/s1. The van der Waals surface area contributed by atoms with Crippen molar-refractivity contribution in [1.82, 2.24) is 0 Å². The number of fused-ring (bicyclic) bond motifs is 3. The number of carbonyl (C=O) groups excluding carboxylic acids is 1. The third-order valence-electron chi connectivity index (χ3n) is 7.57. The minimum absolute atomic E-state index is 0.000960. The van der Waals surface area contributed by atoms with Gasteiger partial charge in [-0.2, -0.15) is 0 Å². The summed E-state index contributed by atoms with van der Waals surface area (Å²) in [7, 11) is 0. The summed E-state index contributed by atoms with van der Waals surface area (Å²) in [5.41, 5.74) is -0.0747. The van der Waals surface area contributed by atoms with Crippen molar-refractivity contribution in [2.45, 2.75) is 37.2 Å². The summed E-state index contributed by atoms with van der Waals surface area (Å²) in [6.07, 6.45) is 8.50. The summed E-state index contributed by atoms with van der Waals surface area (Å²) < 4.78 is 49.7. The van der Waals surface area contributed by atoms with Crippen LogP contribution in [-0.2, 0) is 10.2 Å². The Kier molecular flexibility index (Phi) is 7.74. The molecule has 222 valence electrons. The van der Waals surface area contributed by atoms with E-state index < -0.39 is 23.2 Å². The van der Waals surface area contributed by atoms with E-state index in [0.29, 0.717) is 71.3 Å². The van der Waals surface area contributed by atoms with E-state index in [2.05, 4.69) is 17.8 Å². The van der Waals surface area contributed by atoms with Crippen molar-refractivity contribution < 1.29 is 42.7 Å². The predicted octanol–water partition coefficient (Wildman–Crippen LogP) is 5.07. The molecule has 0 radical (unpaired) electrons. The molecule has 9 nitrogen and oxygen atoms in total. The van der Waals surface area contributed by atoms with Crippen molar-refractivity contribution in [3.05, 3.63) is 77.6 Å². The first-order valence-corrected chi connectivity index (χ1v) is 13.9. The highest BCUT2D eigenvalue weighted by atomic mass is 19.1. The SMILES string of the molecule is C#CCCCCOc1cc2c(cc1C1(c3cc4c(cc3OC[C@H](O)CC=C)OCO4)C(=O)Nc3cc(F)ccc31)OCO2. The Morgan fingerprint density at radius 2 is 1.60 bits per heavy atom. The van der Waals surface area contributed by atoms with Gasteiger partial charge in [-0.1, -0.05) is 12.1 Å². The fourth-order valence-corrected chi connectivity index (χ4v) is 5.59. The summed E-state index contributed by atoms with van der Waals surface area (Å²) in [6, 6.07) is 10.8. The van der Waals surface area contributed by atoms with Crippen LogP contribution in [0, 0.1) is 18.2 Å². The Balaban J connectivity index is 1.58. The van der Waals surface area contributed by atoms with Gasteiger partial charge >= 0.3 is 0 Å². The number of hydrogen-bond donors (Lipinski definition) is 2. The van der Waals surface area contributed by atoms with Crippen molar-refractivity contribution in [3.8, 4) is 46.8 Å². The molecule has 0 saturated heterocycles. The molecule has 0 bridgehead atoms. The lowest BCUT2D eigenvalue weighted by molar-refractivity contribution is -0.118. The number of aliphatic hydroxyl groups excluding tert-OH is 1. The van der Waals surface area contributed by atoms with E-state index >= 15 is 0 Å². The van der Waals surface area contributed by atoms with Gasteiger partial charge in [0, 0.05) is 40.9 Å². The van der Waals surface area contributed by atoms with Crippen molar-refractivity contribution in [1.29, 1.82) is 0 Å². The Bertz CT molecular complexity index is 1620. The fourth-order valence-electron chi connectivity index (χ4n) is 5.59. The minimum Gasteiger partial charge on any atom is -0.493 e. The van der Waals surface area contributed by atoms with Gasteiger partial charge in [0.15, 0.2) is 23.0 Å².